The van der Waals surface area contributed by atoms with Gasteiger partial charge >= 0.3 is 5.97 Å². The average Bonchev–Trinajstić information content (AvgIpc) is 2.40. The van der Waals surface area contributed by atoms with Crippen LogP contribution >= 0.6 is 0 Å². The molecule has 2 aromatic rings. The first-order valence-electron chi connectivity index (χ1n) is 5.59. The van der Waals surface area contributed by atoms with Crippen LogP contribution < -0.4 is 10.4 Å². The number of amides is 1. The van der Waals surface area contributed by atoms with Gasteiger partial charge in [0.25, 0.3) is 5.91 Å². The Morgan fingerprint density at radius 1 is 1.15 bits per heavy atom. The van der Waals surface area contributed by atoms with Gasteiger partial charge in [0.15, 0.2) is 0 Å². The van der Waals surface area contributed by atoms with Crippen LogP contribution in [-0.2, 0) is 0 Å². The van der Waals surface area contributed by atoms with E-state index in [1.165, 1.54) is 30.3 Å². The lowest BCUT2D eigenvalue weighted by Gasteiger charge is -2.16. The summed E-state index contributed by atoms with van der Waals surface area (Å²) in [6, 6.07) is 8.70. The molecule has 0 aliphatic heterocycles. The maximum absolute atomic E-state index is 13.0. The SMILES string of the molecule is O=C(Nc1cccc(C(=O)O)c1[O-])c1cccc(F)c1. The number of benzene rings is 2. The monoisotopic (exact) mass is 274 g/mol. The molecule has 0 spiro atoms. The summed E-state index contributed by atoms with van der Waals surface area (Å²) in [7, 11) is 0. The lowest BCUT2D eigenvalue weighted by Crippen LogP contribution is -2.15. The largest absolute Gasteiger partial charge is 0.870 e. The Morgan fingerprint density at radius 3 is 2.50 bits per heavy atom. The van der Waals surface area contributed by atoms with Gasteiger partial charge in [0, 0.05) is 11.3 Å². The molecule has 102 valence electrons. The minimum absolute atomic E-state index is 0.0325. The van der Waals surface area contributed by atoms with Crippen LogP contribution in [0.2, 0.25) is 0 Å². The third-order valence-electron chi connectivity index (χ3n) is 2.58. The highest BCUT2D eigenvalue weighted by atomic mass is 19.1. The molecule has 2 N–H and O–H groups in total. The van der Waals surface area contributed by atoms with Gasteiger partial charge in [-0.2, -0.15) is 0 Å². The summed E-state index contributed by atoms with van der Waals surface area (Å²) < 4.78 is 13.0. The number of hydrogen-bond acceptors (Lipinski definition) is 3. The number of aromatic carboxylic acids is 1. The molecule has 6 heteroatoms. The number of rotatable bonds is 3. The molecule has 5 nitrogen and oxygen atoms in total. The number of para-hydroxylation sites is 1. The predicted molar refractivity (Wildman–Crippen MR) is 67.2 cm³/mol. The predicted octanol–water partition coefficient (Wildman–Crippen LogP) is 1.85. The first kappa shape index (κ1) is 13.5. The van der Waals surface area contributed by atoms with E-state index in [9.17, 15) is 19.1 Å². The van der Waals surface area contributed by atoms with Crippen molar-refractivity contribution in [2.75, 3.05) is 5.32 Å². The van der Waals surface area contributed by atoms with Crippen molar-refractivity contribution in [3.8, 4) is 5.75 Å². The summed E-state index contributed by atoms with van der Waals surface area (Å²) in [5, 5.41) is 22.9. The van der Waals surface area contributed by atoms with Gasteiger partial charge in [-0.05, 0) is 30.3 Å². The highest BCUT2D eigenvalue weighted by Gasteiger charge is 2.10. The number of carbonyl (C=O) groups is 2. The number of carboxylic acid groups (broad SMARTS) is 1. The molecule has 0 saturated heterocycles. The first-order valence-corrected chi connectivity index (χ1v) is 5.59. The van der Waals surface area contributed by atoms with Crippen molar-refractivity contribution in [3.63, 3.8) is 0 Å². The molecule has 0 bridgehead atoms. The van der Waals surface area contributed by atoms with Crippen LogP contribution in [0.25, 0.3) is 0 Å². The Bertz CT molecular complexity index is 685. The van der Waals surface area contributed by atoms with Crippen molar-refractivity contribution in [2.45, 2.75) is 0 Å². The van der Waals surface area contributed by atoms with Gasteiger partial charge in [0.2, 0.25) is 0 Å². The zero-order valence-electron chi connectivity index (χ0n) is 10.1. The molecule has 0 radical (unpaired) electrons. The van der Waals surface area contributed by atoms with E-state index in [2.05, 4.69) is 5.32 Å². The summed E-state index contributed by atoms with van der Waals surface area (Å²) in [4.78, 5) is 22.6. The quantitative estimate of drug-likeness (QED) is 0.893. The second-order valence-corrected chi connectivity index (χ2v) is 3.95. The average molecular weight is 274 g/mol. The van der Waals surface area contributed by atoms with E-state index in [0.717, 1.165) is 12.1 Å². The molecule has 0 heterocycles. The molecule has 0 aromatic heterocycles. The van der Waals surface area contributed by atoms with Gasteiger partial charge < -0.3 is 15.5 Å². The van der Waals surface area contributed by atoms with Crippen LogP contribution in [-0.4, -0.2) is 17.0 Å². The molecular weight excluding hydrogens is 265 g/mol. The van der Waals surface area contributed by atoms with E-state index < -0.39 is 29.0 Å². The van der Waals surface area contributed by atoms with Gasteiger partial charge in [-0.15, -0.1) is 0 Å². The fraction of sp³-hybridized carbons (Fsp3) is 0. The minimum atomic E-state index is -1.38. The van der Waals surface area contributed by atoms with Crippen LogP contribution in [0.4, 0.5) is 10.1 Å². The Morgan fingerprint density at radius 2 is 1.85 bits per heavy atom. The lowest BCUT2D eigenvalue weighted by atomic mass is 10.1. The van der Waals surface area contributed by atoms with Crippen molar-refractivity contribution < 1.29 is 24.2 Å². The van der Waals surface area contributed by atoms with Crippen molar-refractivity contribution in [1.82, 2.24) is 0 Å². The summed E-state index contributed by atoms with van der Waals surface area (Å²) in [6.45, 7) is 0. The third kappa shape index (κ3) is 2.74. The van der Waals surface area contributed by atoms with E-state index in [-0.39, 0.29) is 11.3 Å². The normalized spacial score (nSPS) is 10.1. The number of nitrogens with one attached hydrogen (secondary N) is 1. The molecule has 0 atom stereocenters. The number of carbonyl (C=O) groups excluding carboxylic acids is 1. The Kier molecular flexibility index (Phi) is 3.65. The van der Waals surface area contributed by atoms with Crippen LogP contribution in [0.15, 0.2) is 42.5 Å². The van der Waals surface area contributed by atoms with Gasteiger partial charge in [-0.3, -0.25) is 4.79 Å². The summed E-state index contributed by atoms with van der Waals surface area (Å²) >= 11 is 0. The van der Waals surface area contributed by atoms with Crippen LogP contribution in [0, 0.1) is 5.82 Å². The molecule has 0 aliphatic carbocycles. The first-order chi connectivity index (χ1) is 9.49. The van der Waals surface area contributed by atoms with Crippen molar-refractivity contribution in [1.29, 1.82) is 0 Å². The van der Waals surface area contributed by atoms with E-state index >= 15 is 0 Å². The Hall–Kier alpha value is -2.89. The Balaban J connectivity index is 2.29. The summed E-state index contributed by atoms with van der Waals surface area (Å²) in [5.41, 5.74) is -0.577. The van der Waals surface area contributed by atoms with Crippen molar-refractivity contribution in [3.05, 3.63) is 59.4 Å². The second kappa shape index (κ2) is 5.40. The number of carboxylic acids is 1. The molecule has 1 amide bonds. The molecule has 2 aromatic carbocycles. The standard InChI is InChI=1S/C14H10FNO4/c15-9-4-1-3-8(7-9)13(18)16-11-6-2-5-10(12(11)17)14(19)20/h1-7,17H,(H,16,18)(H,19,20)/p-1. The fourth-order valence-corrected chi connectivity index (χ4v) is 1.63. The number of hydrogen-bond donors (Lipinski definition) is 2. The highest BCUT2D eigenvalue weighted by Crippen LogP contribution is 2.25. The van der Waals surface area contributed by atoms with Gasteiger partial charge in [-0.25, -0.2) is 9.18 Å². The maximum atomic E-state index is 13.0. The van der Waals surface area contributed by atoms with E-state index in [1.54, 1.807) is 0 Å². The van der Waals surface area contributed by atoms with Gasteiger partial charge in [0.1, 0.15) is 5.82 Å². The van der Waals surface area contributed by atoms with Crippen LogP contribution in [0.1, 0.15) is 20.7 Å². The zero-order valence-corrected chi connectivity index (χ0v) is 10.1. The molecule has 0 aliphatic rings. The lowest BCUT2D eigenvalue weighted by molar-refractivity contribution is -0.267. The Labute approximate surface area is 113 Å². The minimum Gasteiger partial charge on any atom is -0.870 e. The molecule has 2 rings (SSSR count). The topological polar surface area (TPSA) is 89.5 Å². The zero-order chi connectivity index (χ0) is 14.7. The van der Waals surface area contributed by atoms with Crippen LogP contribution in [0.5, 0.6) is 5.75 Å². The molecule has 0 unspecified atom stereocenters. The molecule has 0 saturated carbocycles. The van der Waals surface area contributed by atoms with E-state index in [4.69, 9.17) is 5.11 Å². The van der Waals surface area contributed by atoms with E-state index in [1.807, 2.05) is 0 Å². The molecule has 20 heavy (non-hydrogen) atoms. The summed E-state index contributed by atoms with van der Waals surface area (Å²) in [5.74, 6) is -3.45. The third-order valence-corrected chi connectivity index (χ3v) is 2.58. The highest BCUT2D eigenvalue weighted by molar-refractivity contribution is 6.06. The summed E-state index contributed by atoms with van der Waals surface area (Å²) in [6.07, 6.45) is 0. The van der Waals surface area contributed by atoms with Gasteiger partial charge in [0.05, 0.1) is 5.56 Å². The van der Waals surface area contributed by atoms with E-state index in [0.29, 0.717) is 0 Å². The maximum Gasteiger partial charge on any atom is 0.335 e. The van der Waals surface area contributed by atoms with Crippen LogP contribution in [0.3, 0.4) is 0 Å². The van der Waals surface area contributed by atoms with Crippen molar-refractivity contribution >= 4 is 17.6 Å². The smallest absolute Gasteiger partial charge is 0.335 e. The van der Waals surface area contributed by atoms with Gasteiger partial charge in [-0.1, -0.05) is 17.9 Å². The number of anilines is 1. The second-order valence-electron chi connectivity index (χ2n) is 3.95. The van der Waals surface area contributed by atoms with Crippen molar-refractivity contribution in [2.24, 2.45) is 0 Å². The number of halogens is 1. The molecule has 0 fully saturated rings. The fourth-order valence-electron chi connectivity index (χ4n) is 1.63. The molecular formula is C14H9FNO4-.